The third-order valence-electron chi connectivity index (χ3n) is 5.33. The summed E-state index contributed by atoms with van der Waals surface area (Å²) in [7, 11) is 0. The molecule has 0 aliphatic carbocycles. The number of aromatic nitrogens is 3. The second-order valence-corrected chi connectivity index (χ2v) is 7.94. The van der Waals surface area contributed by atoms with Crippen LogP contribution in [0.15, 0.2) is 67.3 Å². The van der Waals surface area contributed by atoms with Crippen molar-refractivity contribution >= 4 is 40.7 Å². The fourth-order valence-electron chi connectivity index (χ4n) is 3.73. The first-order valence-corrected chi connectivity index (χ1v) is 10.7. The predicted molar refractivity (Wildman–Crippen MR) is 128 cm³/mol. The van der Waals surface area contributed by atoms with E-state index >= 15 is 0 Å². The van der Waals surface area contributed by atoms with Gasteiger partial charge in [0, 0.05) is 47.3 Å². The number of carboxylic acid groups (broad SMARTS) is 1. The molecular weight excluding hydrogens is 424 g/mol. The van der Waals surface area contributed by atoms with Gasteiger partial charge in [0.15, 0.2) is 0 Å². The molecule has 3 aromatic heterocycles. The summed E-state index contributed by atoms with van der Waals surface area (Å²) in [6.07, 6.45) is 11.9. The maximum absolute atomic E-state index is 11.4. The van der Waals surface area contributed by atoms with Gasteiger partial charge in [0.05, 0.1) is 0 Å². The molecule has 0 radical (unpaired) electrons. The summed E-state index contributed by atoms with van der Waals surface area (Å²) < 4.78 is 0. The van der Waals surface area contributed by atoms with Gasteiger partial charge >= 0.3 is 6.09 Å². The van der Waals surface area contributed by atoms with Crippen LogP contribution in [0, 0.1) is 0 Å². The zero-order chi connectivity index (χ0) is 22.3. The second kappa shape index (κ2) is 10.1. The smallest absolute Gasteiger partial charge is 0.404 e. The van der Waals surface area contributed by atoms with Crippen molar-refractivity contribution in [3.05, 3.63) is 94.7 Å². The highest BCUT2D eigenvalue weighted by Crippen LogP contribution is 2.22. The number of halogens is 1. The van der Waals surface area contributed by atoms with E-state index in [0.717, 1.165) is 33.2 Å². The minimum Gasteiger partial charge on any atom is -0.465 e. The van der Waals surface area contributed by atoms with Crippen LogP contribution in [-0.2, 0) is 12.8 Å². The lowest BCUT2D eigenvalue weighted by Gasteiger charge is -2.17. The number of nitrogens with one attached hydrogen (secondary N) is 2. The molecule has 1 atom stereocenters. The summed E-state index contributed by atoms with van der Waals surface area (Å²) in [5.74, 6) is 0. The van der Waals surface area contributed by atoms with E-state index in [1.54, 1.807) is 18.6 Å². The number of nitrogens with zero attached hydrogens (tertiary/aromatic N) is 2. The van der Waals surface area contributed by atoms with Crippen molar-refractivity contribution in [1.82, 2.24) is 20.3 Å². The molecule has 0 saturated heterocycles. The van der Waals surface area contributed by atoms with E-state index in [9.17, 15) is 9.90 Å². The van der Waals surface area contributed by atoms with E-state index in [1.165, 1.54) is 0 Å². The molecule has 3 N–H and O–H groups in total. The first-order chi connectivity index (χ1) is 15.6. The van der Waals surface area contributed by atoms with Crippen LogP contribution in [0.5, 0.6) is 0 Å². The van der Waals surface area contributed by atoms with Gasteiger partial charge in [-0.2, -0.15) is 0 Å². The van der Waals surface area contributed by atoms with Crippen molar-refractivity contribution < 1.29 is 9.90 Å². The number of para-hydroxylation sites is 1. The van der Waals surface area contributed by atoms with Gasteiger partial charge in [-0.1, -0.05) is 42.0 Å². The van der Waals surface area contributed by atoms with Gasteiger partial charge in [0.2, 0.25) is 0 Å². The number of rotatable bonds is 8. The monoisotopic (exact) mass is 446 g/mol. The van der Waals surface area contributed by atoms with Crippen molar-refractivity contribution in [1.29, 1.82) is 0 Å². The highest BCUT2D eigenvalue weighted by atomic mass is 35.5. The largest absolute Gasteiger partial charge is 0.465 e. The molecule has 0 unspecified atom stereocenters. The quantitative estimate of drug-likeness (QED) is 0.307. The lowest BCUT2D eigenvalue weighted by Crippen LogP contribution is -2.35. The van der Waals surface area contributed by atoms with Crippen LogP contribution >= 0.6 is 11.6 Å². The zero-order valence-corrected chi connectivity index (χ0v) is 18.1. The van der Waals surface area contributed by atoms with E-state index < -0.39 is 6.09 Å². The Morgan fingerprint density at radius 2 is 2.00 bits per heavy atom. The van der Waals surface area contributed by atoms with Gasteiger partial charge in [0.25, 0.3) is 0 Å². The molecule has 0 aliphatic rings. The van der Waals surface area contributed by atoms with Gasteiger partial charge in [-0.3, -0.25) is 4.98 Å². The molecule has 6 nitrogen and oxygen atoms in total. The molecule has 0 fully saturated rings. The maximum atomic E-state index is 11.4. The number of carbonyl (C=O) groups is 1. The number of hydrogen-bond acceptors (Lipinski definition) is 3. The molecule has 4 rings (SSSR count). The summed E-state index contributed by atoms with van der Waals surface area (Å²) in [4.78, 5) is 22.9. The number of aryl methyl sites for hydroxylation is 1. The fraction of sp³-hybridized carbons (Fsp3) is 0.160. The Kier molecular flexibility index (Phi) is 6.82. The van der Waals surface area contributed by atoms with Crippen LogP contribution in [0.25, 0.3) is 23.1 Å². The molecule has 162 valence electrons. The Morgan fingerprint density at radius 1 is 1.19 bits per heavy atom. The SMILES string of the molecule is O=C(O)N[C@H](CCc1cnc(Cl)c(/C=C/c2ccncc2)c1)Cc1c[nH]c2ccccc12. The van der Waals surface area contributed by atoms with Crippen LogP contribution < -0.4 is 5.32 Å². The van der Waals surface area contributed by atoms with E-state index in [0.29, 0.717) is 24.4 Å². The number of H-pyrrole nitrogens is 1. The number of hydrogen-bond donors (Lipinski definition) is 3. The molecule has 3 heterocycles. The standard InChI is InChI=1S/C25H23ClN4O2/c26-24-19(7-5-17-9-11-27-12-10-17)13-18(15-29-24)6-8-21(30-25(31)32)14-20-16-28-23-4-2-1-3-22(20)23/h1-5,7,9-13,15-16,21,28,30H,6,8,14H2,(H,31,32)/b7-5+/t21-/m1/s1. The van der Waals surface area contributed by atoms with Gasteiger partial charge in [0.1, 0.15) is 5.15 Å². The van der Waals surface area contributed by atoms with Crippen molar-refractivity contribution in [2.75, 3.05) is 0 Å². The first kappa shape index (κ1) is 21.6. The molecule has 7 heteroatoms. The number of amides is 1. The van der Waals surface area contributed by atoms with Crippen molar-refractivity contribution in [2.24, 2.45) is 0 Å². The number of benzene rings is 1. The summed E-state index contributed by atoms with van der Waals surface area (Å²) >= 11 is 6.28. The summed E-state index contributed by atoms with van der Waals surface area (Å²) in [6.45, 7) is 0. The van der Waals surface area contributed by atoms with Gasteiger partial charge in [-0.15, -0.1) is 0 Å². The minimum absolute atomic E-state index is 0.224. The van der Waals surface area contributed by atoms with Crippen molar-refractivity contribution in [2.45, 2.75) is 25.3 Å². The highest BCUT2D eigenvalue weighted by molar-refractivity contribution is 6.31. The number of fused-ring (bicyclic) bond motifs is 1. The van der Waals surface area contributed by atoms with E-state index in [-0.39, 0.29) is 6.04 Å². The van der Waals surface area contributed by atoms with Gasteiger partial charge < -0.3 is 15.4 Å². The van der Waals surface area contributed by atoms with Crippen LogP contribution in [0.2, 0.25) is 5.15 Å². The third kappa shape index (κ3) is 5.53. The van der Waals surface area contributed by atoms with Crippen molar-refractivity contribution in [3.8, 4) is 0 Å². The Balaban J connectivity index is 1.47. The second-order valence-electron chi connectivity index (χ2n) is 7.59. The highest BCUT2D eigenvalue weighted by Gasteiger charge is 2.15. The number of aromatic amines is 1. The van der Waals surface area contributed by atoms with E-state index in [2.05, 4.69) is 20.3 Å². The van der Waals surface area contributed by atoms with Crippen LogP contribution in [-0.4, -0.2) is 32.2 Å². The molecule has 0 aliphatic heterocycles. The molecule has 0 saturated carbocycles. The lowest BCUT2D eigenvalue weighted by molar-refractivity contribution is 0.189. The average Bonchev–Trinajstić information content (AvgIpc) is 3.20. The van der Waals surface area contributed by atoms with Gasteiger partial charge in [-0.05, 0) is 60.2 Å². The minimum atomic E-state index is -1.02. The molecule has 0 spiro atoms. The summed E-state index contributed by atoms with van der Waals surface area (Å²) in [5.41, 5.74) is 4.98. The topological polar surface area (TPSA) is 90.9 Å². The Hall–Kier alpha value is -3.64. The zero-order valence-electron chi connectivity index (χ0n) is 17.3. The van der Waals surface area contributed by atoms with Crippen LogP contribution in [0.1, 0.15) is 28.7 Å². The molecule has 4 aromatic rings. The number of pyridine rings is 2. The Labute approximate surface area is 191 Å². The van der Waals surface area contributed by atoms with Crippen LogP contribution in [0.4, 0.5) is 4.79 Å². The summed E-state index contributed by atoms with van der Waals surface area (Å²) in [5, 5.41) is 13.5. The summed E-state index contributed by atoms with van der Waals surface area (Å²) in [6, 6.07) is 13.6. The maximum Gasteiger partial charge on any atom is 0.404 e. The molecule has 32 heavy (non-hydrogen) atoms. The molecule has 1 aromatic carbocycles. The molecular formula is C25H23ClN4O2. The normalized spacial score (nSPS) is 12.3. The molecule has 1 amide bonds. The predicted octanol–water partition coefficient (Wildman–Crippen LogP) is 5.59. The molecule has 0 bridgehead atoms. The lowest BCUT2D eigenvalue weighted by atomic mass is 9.99. The Bertz CT molecular complexity index is 1240. The third-order valence-corrected chi connectivity index (χ3v) is 5.65. The van der Waals surface area contributed by atoms with Crippen LogP contribution in [0.3, 0.4) is 0 Å². The van der Waals surface area contributed by atoms with Gasteiger partial charge in [-0.25, -0.2) is 9.78 Å². The first-order valence-electron chi connectivity index (χ1n) is 10.4. The van der Waals surface area contributed by atoms with Crippen molar-refractivity contribution in [3.63, 3.8) is 0 Å². The average molecular weight is 447 g/mol. The van der Waals surface area contributed by atoms with E-state index in [1.807, 2.05) is 60.8 Å². The fourth-order valence-corrected chi connectivity index (χ4v) is 3.90. The Morgan fingerprint density at radius 3 is 2.81 bits per heavy atom. The van der Waals surface area contributed by atoms with E-state index in [4.69, 9.17) is 11.6 Å².